The van der Waals surface area contributed by atoms with Gasteiger partial charge >= 0.3 is 0 Å². The normalized spacial score (nSPS) is 14.9. The second-order valence-corrected chi connectivity index (χ2v) is 10.1. The lowest BCUT2D eigenvalue weighted by atomic mass is 10.2. The van der Waals surface area contributed by atoms with Gasteiger partial charge in [-0.15, -0.1) is 5.10 Å². The van der Waals surface area contributed by atoms with Crippen molar-refractivity contribution in [3.05, 3.63) is 77.9 Å². The number of aromatic nitrogens is 4. The van der Waals surface area contributed by atoms with Crippen molar-refractivity contribution in [2.24, 2.45) is 0 Å². The quantitative estimate of drug-likeness (QED) is 0.421. The van der Waals surface area contributed by atoms with E-state index < -0.39 is 10.0 Å². The van der Waals surface area contributed by atoms with Gasteiger partial charge in [0, 0.05) is 31.7 Å². The number of sulfonamides is 1. The van der Waals surface area contributed by atoms with E-state index in [4.69, 9.17) is 4.52 Å². The van der Waals surface area contributed by atoms with Crippen LogP contribution in [-0.4, -0.2) is 69.6 Å². The van der Waals surface area contributed by atoms with Crippen LogP contribution in [0.15, 0.2) is 70.1 Å². The molecule has 2 aromatic heterocycles. The molecule has 2 aromatic carbocycles. The summed E-state index contributed by atoms with van der Waals surface area (Å²) in [6, 6.07) is 19.0. The van der Waals surface area contributed by atoms with Crippen molar-refractivity contribution in [3.63, 3.8) is 0 Å². The van der Waals surface area contributed by atoms with Gasteiger partial charge in [0.2, 0.25) is 15.8 Å². The molecule has 4 aromatic rings. The van der Waals surface area contributed by atoms with E-state index in [-0.39, 0.29) is 48.6 Å². The zero-order chi connectivity index (χ0) is 24.6. The van der Waals surface area contributed by atoms with Crippen molar-refractivity contribution in [2.45, 2.75) is 18.7 Å². The predicted molar refractivity (Wildman–Crippen MR) is 127 cm³/mol. The van der Waals surface area contributed by atoms with E-state index in [2.05, 4.69) is 15.2 Å². The van der Waals surface area contributed by atoms with Crippen LogP contribution in [0.1, 0.15) is 22.1 Å². The van der Waals surface area contributed by atoms with Crippen molar-refractivity contribution in [1.29, 1.82) is 0 Å². The third kappa shape index (κ3) is 4.24. The maximum atomic E-state index is 13.3. The van der Waals surface area contributed by atoms with Gasteiger partial charge in [0.05, 0.1) is 5.69 Å². The number of carbonyl (C=O) groups excluding carboxylic acids is 1. The Morgan fingerprint density at radius 1 is 0.914 bits per heavy atom. The molecule has 10 nitrogen and oxygen atoms in total. The highest BCUT2D eigenvalue weighted by atomic mass is 32.2. The molecule has 0 unspecified atom stereocenters. The Labute approximate surface area is 202 Å². The molecule has 3 heterocycles. The number of aryl methyl sites for hydroxylation is 2. The summed E-state index contributed by atoms with van der Waals surface area (Å²) in [5.74, 6) is 0.533. The number of piperazine rings is 1. The van der Waals surface area contributed by atoms with Crippen molar-refractivity contribution in [3.8, 4) is 17.1 Å². The molecule has 0 atom stereocenters. The van der Waals surface area contributed by atoms with Crippen LogP contribution in [0.3, 0.4) is 0 Å². The fourth-order valence-electron chi connectivity index (χ4n) is 4.17. The Bertz CT molecular complexity index is 1380. The van der Waals surface area contributed by atoms with Crippen LogP contribution < -0.4 is 0 Å². The predicted octanol–water partition coefficient (Wildman–Crippen LogP) is 2.69. The third-order valence-electron chi connectivity index (χ3n) is 5.92. The fourth-order valence-corrected chi connectivity index (χ4v) is 5.88. The monoisotopic (exact) mass is 492 g/mol. The van der Waals surface area contributed by atoms with Gasteiger partial charge in [0.25, 0.3) is 5.91 Å². The molecule has 1 aliphatic heterocycles. The summed E-state index contributed by atoms with van der Waals surface area (Å²) in [4.78, 5) is 19.6. The van der Waals surface area contributed by atoms with E-state index >= 15 is 0 Å². The first-order valence-electron chi connectivity index (χ1n) is 11.2. The first-order valence-corrected chi connectivity index (χ1v) is 12.6. The Morgan fingerprint density at radius 2 is 1.54 bits per heavy atom. The Kier molecular flexibility index (Phi) is 5.95. The number of rotatable bonds is 5. The summed E-state index contributed by atoms with van der Waals surface area (Å²) >= 11 is 0. The van der Waals surface area contributed by atoms with Crippen LogP contribution in [0, 0.1) is 13.8 Å². The van der Waals surface area contributed by atoms with Crippen LogP contribution in [0.4, 0.5) is 0 Å². The summed E-state index contributed by atoms with van der Waals surface area (Å²) in [6.07, 6.45) is 0. The zero-order valence-electron chi connectivity index (χ0n) is 19.3. The summed E-state index contributed by atoms with van der Waals surface area (Å²) in [6.45, 7) is 3.93. The minimum atomic E-state index is -3.76. The van der Waals surface area contributed by atoms with Crippen molar-refractivity contribution in [2.75, 3.05) is 26.2 Å². The van der Waals surface area contributed by atoms with E-state index in [1.165, 1.54) is 4.31 Å². The highest BCUT2D eigenvalue weighted by Crippen LogP contribution is 2.25. The van der Waals surface area contributed by atoms with Gasteiger partial charge in [-0.25, -0.2) is 18.1 Å². The van der Waals surface area contributed by atoms with Crippen LogP contribution >= 0.6 is 0 Å². The number of hydrogen-bond acceptors (Lipinski definition) is 7. The molecule has 1 saturated heterocycles. The van der Waals surface area contributed by atoms with Gasteiger partial charge < -0.3 is 9.42 Å². The lowest BCUT2D eigenvalue weighted by Crippen LogP contribution is -2.50. The molecule has 35 heavy (non-hydrogen) atoms. The molecule has 1 amide bonds. The molecular weight excluding hydrogens is 468 g/mol. The van der Waals surface area contributed by atoms with Crippen LogP contribution in [0.2, 0.25) is 0 Å². The fraction of sp³-hybridized carbons (Fsp3) is 0.250. The summed E-state index contributed by atoms with van der Waals surface area (Å²) < 4.78 is 34.2. The molecule has 5 rings (SSSR count). The van der Waals surface area contributed by atoms with Gasteiger partial charge in [-0.1, -0.05) is 53.7 Å². The van der Waals surface area contributed by atoms with Crippen LogP contribution in [0.5, 0.6) is 0 Å². The summed E-state index contributed by atoms with van der Waals surface area (Å²) in [5, 5.41) is 8.28. The molecule has 0 spiro atoms. The van der Waals surface area contributed by atoms with E-state index in [1.807, 2.05) is 60.7 Å². The van der Waals surface area contributed by atoms with Gasteiger partial charge in [0.15, 0.2) is 11.6 Å². The topological polar surface area (TPSA) is 114 Å². The Hall–Kier alpha value is -3.83. The molecule has 0 radical (unpaired) electrons. The standard InChI is InChI=1S/C24H24N6O4S/c1-17-21(18(2)34-27-17)35(32,33)29-15-13-28(14-16-29)24(31)22-25-23(19-9-5-3-6-10-19)30(26-22)20-11-7-4-8-12-20/h3-12H,13-16H2,1-2H3. The first-order chi connectivity index (χ1) is 16.9. The lowest BCUT2D eigenvalue weighted by Gasteiger charge is -2.33. The zero-order valence-corrected chi connectivity index (χ0v) is 20.1. The van der Waals surface area contributed by atoms with E-state index in [0.29, 0.717) is 11.5 Å². The van der Waals surface area contributed by atoms with Gasteiger partial charge in [-0.3, -0.25) is 4.79 Å². The van der Waals surface area contributed by atoms with Crippen molar-refractivity contribution >= 4 is 15.9 Å². The Morgan fingerprint density at radius 3 is 2.14 bits per heavy atom. The van der Waals surface area contributed by atoms with Crippen molar-refractivity contribution in [1.82, 2.24) is 29.1 Å². The largest absolute Gasteiger partial charge is 0.360 e. The second-order valence-electron chi connectivity index (χ2n) is 8.22. The number of benzene rings is 2. The minimum absolute atomic E-state index is 0.0646. The van der Waals surface area contributed by atoms with Gasteiger partial charge in [0.1, 0.15) is 10.6 Å². The maximum Gasteiger partial charge on any atom is 0.293 e. The molecule has 1 aliphatic rings. The van der Waals surface area contributed by atoms with E-state index in [0.717, 1.165) is 11.3 Å². The smallest absolute Gasteiger partial charge is 0.293 e. The lowest BCUT2D eigenvalue weighted by molar-refractivity contribution is 0.0685. The van der Waals surface area contributed by atoms with Gasteiger partial charge in [-0.2, -0.15) is 4.31 Å². The summed E-state index contributed by atoms with van der Waals surface area (Å²) in [5.41, 5.74) is 1.94. The number of amides is 1. The van der Waals surface area contributed by atoms with E-state index in [9.17, 15) is 13.2 Å². The number of para-hydroxylation sites is 1. The van der Waals surface area contributed by atoms with Crippen LogP contribution in [-0.2, 0) is 10.0 Å². The van der Waals surface area contributed by atoms with Crippen molar-refractivity contribution < 1.29 is 17.7 Å². The maximum absolute atomic E-state index is 13.3. The third-order valence-corrected chi connectivity index (χ3v) is 8.07. The highest BCUT2D eigenvalue weighted by molar-refractivity contribution is 7.89. The molecule has 0 saturated carbocycles. The average molecular weight is 493 g/mol. The number of carbonyl (C=O) groups is 1. The van der Waals surface area contributed by atoms with Gasteiger partial charge in [-0.05, 0) is 26.0 Å². The summed E-state index contributed by atoms with van der Waals surface area (Å²) in [7, 11) is -3.76. The average Bonchev–Trinajstić information content (AvgIpc) is 3.48. The molecule has 1 fully saturated rings. The second kappa shape index (κ2) is 9.08. The molecule has 180 valence electrons. The highest BCUT2D eigenvalue weighted by Gasteiger charge is 2.35. The molecule has 11 heteroatoms. The SMILES string of the molecule is Cc1noc(C)c1S(=O)(=O)N1CCN(C(=O)c2nc(-c3ccccc3)n(-c3ccccc3)n2)CC1. The minimum Gasteiger partial charge on any atom is -0.360 e. The molecular formula is C24H24N6O4S. The molecule has 0 N–H and O–H groups in total. The Balaban J connectivity index is 1.39. The van der Waals surface area contributed by atoms with E-state index in [1.54, 1.807) is 23.4 Å². The number of nitrogens with zero attached hydrogens (tertiary/aromatic N) is 6. The molecule has 0 bridgehead atoms. The molecule has 0 aliphatic carbocycles. The first kappa shape index (κ1) is 22.9. The van der Waals surface area contributed by atoms with Crippen LogP contribution in [0.25, 0.3) is 17.1 Å². The number of hydrogen-bond donors (Lipinski definition) is 0.